The molecule has 0 fully saturated rings. The molecule has 0 amide bonds. The fourth-order valence-electron chi connectivity index (χ4n) is 3.61. The molecule has 0 atom stereocenters. The number of hydrogen-bond acceptors (Lipinski definition) is 5. The molecule has 2 aromatic heterocycles. The molecule has 0 saturated carbocycles. The van der Waals surface area contributed by atoms with Gasteiger partial charge in [0.2, 0.25) is 0 Å². The Labute approximate surface area is 188 Å². The van der Waals surface area contributed by atoms with E-state index in [0.717, 1.165) is 30.0 Å². The second-order valence-corrected chi connectivity index (χ2v) is 7.90. The maximum Gasteiger partial charge on any atom is 0.167 e. The first-order valence-corrected chi connectivity index (χ1v) is 11.3. The highest BCUT2D eigenvalue weighted by atomic mass is 16.5. The summed E-state index contributed by atoms with van der Waals surface area (Å²) in [6.07, 6.45) is 7.51. The number of para-hydroxylation sites is 1. The van der Waals surface area contributed by atoms with Crippen molar-refractivity contribution in [1.82, 2.24) is 15.4 Å². The Morgan fingerprint density at radius 3 is 2.50 bits per heavy atom. The number of nitrogens with one attached hydrogen (secondary N) is 1. The van der Waals surface area contributed by atoms with Gasteiger partial charge < -0.3 is 14.4 Å². The average Bonchev–Trinajstić information content (AvgIpc) is 3.49. The van der Waals surface area contributed by atoms with E-state index in [0.29, 0.717) is 22.7 Å². The minimum atomic E-state index is 0.185. The fraction of sp³-hybridized carbons (Fsp3) is 0.308. The first-order chi connectivity index (χ1) is 15.7. The molecular formula is C26H29N3O3. The third-order valence-electron chi connectivity index (χ3n) is 5.45. The Morgan fingerprint density at radius 1 is 0.906 bits per heavy atom. The third-order valence-corrected chi connectivity index (χ3v) is 5.45. The molecule has 0 aliphatic carbocycles. The molecule has 2 aromatic carbocycles. The predicted octanol–water partition coefficient (Wildman–Crippen LogP) is 6.84. The van der Waals surface area contributed by atoms with Crippen LogP contribution >= 0.6 is 0 Å². The molecule has 0 bridgehead atoms. The molecule has 6 heteroatoms. The molecule has 4 rings (SSSR count). The minimum Gasteiger partial charge on any atom is -0.507 e. The van der Waals surface area contributed by atoms with Crippen molar-refractivity contribution in [1.29, 1.82) is 0 Å². The summed E-state index contributed by atoms with van der Waals surface area (Å²) in [6.45, 7) is 2.98. The van der Waals surface area contributed by atoms with Crippen molar-refractivity contribution < 1.29 is 14.4 Å². The molecule has 2 heterocycles. The molecule has 0 aliphatic heterocycles. The summed E-state index contributed by atoms with van der Waals surface area (Å²) >= 11 is 0. The van der Waals surface area contributed by atoms with Crippen molar-refractivity contribution >= 4 is 0 Å². The summed E-state index contributed by atoms with van der Waals surface area (Å²) in [7, 11) is 0. The van der Waals surface area contributed by atoms with E-state index >= 15 is 0 Å². The topological polar surface area (TPSA) is 84.2 Å². The monoisotopic (exact) mass is 431 g/mol. The largest absolute Gasteiger partial charge is 0.507 e. The zero-order chi connectivity index (χ0) is 22.2. The number of aromatic amines is 1. The Hall–Kier alpha value is -3.54. The maximum absolute atomic E-state index is 10.0. The van der Waals surface area contributed by atoms with Crippen LogP contribution in [0.1, 0.15) is 45.4 Å². The van der Waals surface area contributed by atoms with Crippen LogP contribution in [0.2, 0.25) is 0 Å². The van der Waals surface area contributed by atoms with Gasteiger partial charge in [0.25, 0.3) is 0 Å². The molecule has 6 nitrogen and oxygen atoms in total. The van der Waals surface area contributed by atoms with Gasteiger partial charge in [-0.3, -0.25) is 5.10 Å². The van der Waals surface area contributed by atoms with Gasteiger partial charge in [0.1, 0.15) is 17.2 Å². The second kappa shape index (κ2) is 10.7. The van der Waals surface area contributed by atoms with Crippen molar-refractivity contribution in [3.63, 3.8) is 0 Å². The van der Waals surface area contributed by atoms with Crippen LogP contribution in [0.5, 0.6) is 11.5 Å². The van der Waals surface area contributed by atoms with E-state index in [1.165, 1.54) is 32.1 Å². The van der Waals surface area contributed by atoms with E-state index in [1.54, 1.807) is 12.1 Å². The number of H-pyrrole nitrogens is 1. The van der Waals surface area contributed by atoms with Crippen LogP contribution in [0.15, 0.2) is 65.2 Å². The number of benzene rings is 2. The lowest BCUT2D eigenvalue weighted by Crippen LogP contribution is -1.97. The van der Waals surface area contributed by atoms with Gasteiger partial charge in [0.15, 0.2) is 5.76 Å². The number of phenolic OH excluding ortho intramolecular Hbond substituents is 1. The number of phenols is 1. The van der Waals surface area contributed by atoms with Gasteiger partial charge in [-0.1, -0.05) is 56.3 Å². The van der Waals surface area contributed by atoms with Gasteiger partial charge in [0, 0.05) is 17.2 Å². The molecule has 32 heavy (non-hydrogen) atoms. The summed E-state index contributed by atoms with van der Waals surface area (Å²) in [4.78, 5) is 0. The molecular weight excluding hydrogens is 402 g/mol. The average molecular weight is 432 g/mol. The van der Waals surface area contributed by atoms with Gasteiger partial charge in [-0.25, -0.2) is 0 Å². The fourth-order valence-corrected chi connectivity index (χ4v) is 3.61. The molecule has 4 aromatic rings. The summed E-state index contributed by atoms with van der Waals surface area (Å²) in [6, 6.07) is 18.7. The van der Waals surface area contributed by atoms with E-state index in [2.05, 4.69) is 22.3 Å². The lowest BCUT2D eigenvalue weighted by Gasteiger charge is -2.06. The van der Waals surface area contributed by atoms with Crippen molar-refractivity contribution in [3.8, 4) is 45.5 Å². The van der Waals surface area contributed by atoms with Crippen LogP contribution < -0.4 is 4.74 Å². The summed E-state index contributed by atoms with van der Waals surface area (Å²) in [5, 5.41) is 21.5. The molecule has 166 valence electrons. The molecule has 0 aliphatic rings. The van der Waals surface area contributed by atoms with Crippen LogP contribution in [0.4, 0.5) is 0 Å². The molecule has 0 saturated heterocycles. The Bertz CT molecular complexity index is 1120. The zero-order valence-corrected chi connectivity index (χ0v) is 18.4. The Kier molecular flexibility index (Phi) is 7.23. The highest BCUT2D eigenvalue weighted by Crippen LogP contribution is 2.31. The number of aromatic hydroxyl groups is 1. The minimum absolute atomic E-state index is 0.185. The van der Waals surface area contributed by atoms with Gasteiger partial charge >= 0.3 is 0 Å². The van der Waals surface area contributed by atoms with Crippen molar-refractivity contribution in [2.24, 2.45) is 0 Å². The molecule has 2 N–H and O–H groups in total. The van der Waals surface area contributed by atoms with Crippen molar-refractivity contribution in [2.45, 2.75) is 45.4 Å². The normalized spacial score (nSPS) is 11.0. The lowest BCUT2D eigenvalue weighted by atomic mass is 10.1. The first kappa shape index (κ1) is 21.7. The quantitative estimate of drug-likeness (QED) is 0.254. The standard InChI is InChI=1S/C26H29N3O3/c1-2-3-4-5-6-9-16-31-20-14-12-19(13-15-20)26-18-24(29-32-26)23-17-22(27-28-23)21-10-7-8-11-25(21)30/h7-8,10-15,17-18,30H,2-6,9,16H2,1H3,(H,27,28). The van der Waals surface area contributed by atoms with Crippen LogP contribution in [-0.4, -0.2) is 27.1 Å². The maximum atomic E-state index is 10.0. The Morgan fingerprint density at radius 2 is 1.69 bits per heavy atom. The molecule has 0 radical (unpaired) electrons. The van der Waals surface area contributed by atoms with Gasteiger partial charge in [-0.05, 0) is 48.9 Å². The second-order valence-electron chi connectivity index (χ2n) is 7.90. The van der Waals surface area contributed by atoms with Crippen LogP contribution in [0.3, 0.4) is 0 Å². The SMILES string of the molecule is CCCCCCCCOc1ccc(-c2cc(-c3cc(-c4ccccc4O)n[nH]3)no2)cc1. The number of ether oxygens (including phenoxy) is 1. The van der Waals surface area contributed by atoms with Crippen LogP contribution in [-0.2, 0) is 0 Å². The summed E-state index contributed by atoms with van der Waals surface area (Å²) in [5.74, 6) is 1.72. The van der Waals surface area contributed by atoms with Crippen LogP contribution in [0, 0.1) is 0 Å². The predicted molar refractivity (Wildman–Crippen MR) is 125 cm³/mol. The first-order valence-electron chi connectivity index (χ1n) is 11.3. The smallest absolute Gasteiger partial charge is 0.167 e. The van der Waals surface area contributed by atoms with Gasteiger partial charge in [-0.15, -0.1) is 0 Å². The summed E-state index contributed by atoms with van der Waals surface area (Å²) in [5.41, 5.74) is 3.61. The number of unbranched alkanes of at least 4 members (excludes halogenated alkanes) is 5. The highest BCUT2D eigenvalue weighted by Gasteiger charge is 2.13. The van der Waals surface area contributed by atoms with E-state index in [4.69, 9.17) is 9.26 Å². The van der Waals surface area contributed by atoms with Gasteiger partial charge in [0.05, 0.1) is 18.0 Å². The molecule has 0 unspecified atom stereocenters. The number of aromatic nitrogens is 3. The lowest BCUT2D eigenvalue weighted by molar-refractivity contribution is 0.304. The Balaban J connectivity index is 1.34. The number of hydrogen-bond donors (Lipinski definition) is 2. The third kappa shape index (κ3) is 5.38. The van der Waals surface area contributed by atoms with Gasteiger partial charge in [-0.2, -0.15) is 5.10 Å². The molecule has 0 spiro atoms. The van der Waals surface area contributed by atoms with Crippen molar-refractivity contribution in [3.05, 3.63) is 60.7 Å². The van der Waals surface area contributed by atoms with E-state index in [-0.39, 0.29) is 5.75 Å². The van der Waals surface area contributed by atoms with E-state index in [1.807, 2.05) is 48.5 Å². The highest BCUT2D eigenvalue weighted by molar-refractivity contribution is 5.72. The summed E-state index contributed by atoms with van der Waals surface area (Å²) < 4.78 is 11.4. The number of rotatable bonds is 11. The zero-order valence-electron chi connectivity index (χ0n) is 18.4. The van der Waals surface area contributed by atoms with E-state index < -0.39 is 0 Å². The van der Waals surface area contributed by atoms with Crippen molar-refractivity contribution in [2.75, 3.05) is 6.61 Å². The van der Waals surface area contributed by atoms with Crippen LogP contribution in [0.25, 0.3) is 34.0 Å². The van der Waals surface area contributed by atoms with E-state index in [9.17, 15) is 5.11 Å². The number of nitrogens with zero attached hydrogens (tertiary/aromatic N) is 2.